The summed E-state index contributed by atoms with van der Waals surface area (Å²) in [5, 5.41) is 8.97. The van der Waals surface area contributed by atoms with E-state index in [1.165, 1.54) is 0 Å². The third-order valence-electron chi connectivity index (χ3n) is 4.15. The summed E-state index contributed by atoms with van der Waals surface area (Å²) in [6.07, 6.45) is 2.12. The maximum absolute atomic E-state index is 13.1. The molecule has 1 saturated heterocycles. The Morgan fingerprint density at radius 3 is 2.56 bits per heavy atom. The molecule has 0 N–H and O–H groups in total. The van der Waals surface area contributed by atoms with Gasteiger partial charge in [0.15, 0.2) is 0 Å². The van der Waals surface area contributed by atoms with Gasteiger partial charge in [-0.2, -0.15) is 5.26 Å². The highest BCUT2D eigenvalue weighted by Crippen LogP contribution is 2.27. The quantitative estimate of drug-likeness (QED) is 0.775. The summed E-state index contributed by atoms with van der Waals surface area (Å²) in [5.74, 6) is 0.965. The van der Waals surface area contributed by atoms with Crippen molar-refractivity contribution in [1.29, 1.82) is 5.26 Å². The van der Waals surface area contributed by atoms with Crippen molar-refractivity contribution in [3.63, 3.8) is 0 Å². The Bertz CT molecular complexity index is 734. The minimum Gasteiger partial charge on any atom is -0.457 e. The molecule has 2 aromatic carbocycles. The van der Waals surface area contributed by atoms with Crippen molar-refractivity contribution < 1.29 is 18.6 Å². The monoisotopic (exact) mass is 341 g/mol. The topological polar surface area (TPSA) is 51.5 Å². The van der Waals surface area contributed by atoms with Crippen LogP contribution in [-0.4, -0.2) is 19.3 Å². The zero-order chi connectivity index (χ0) is 17.5. The van der Waals surface area contributed by atoms with Gasteiger partial charge in [0, 0.05) is 18.8 Å². The molecule has 130 valence electrons. The van der Waals surface area contributed by atoms with Crippen LogP contribution in [0.4, 0.5) is 4.39 Å². The van der Waals surface area contributed by atoms with Crippen LogP contribution in [0.1, 0.15) is 29.5 Å². The highest BCUT2D eigenvalue weighted by molar-refractivity contribution is 5.44. The predicted octanol–water partition coefficient (Wildman–Crippen LogP) is 4.52. The highest BCUT2D eigenvalue weighted by Gasteiger charge is 2.14. The maximum atomic E-state index is 13.1. The highest BCUT2D eigenvalue weighted by atomic mass is 19.1. The minimum absolute atomic E-state index is 0.255. The molecule has 4 nitrogen and oxygen atoms in total. The van der Waals surface area contributed by atoms with Crippen molar-refractivity contribution >= 4 is 0 Å². The van der Waals surface area contributed by atoms with E-state index < -0.39 is 6.67 Å². The van der Waals surface area contributed by atoms with E-state index in [-0.39, 0.29) is 6.10 Å². The van der Waals surface area contributed by atoms with Crippen molar-refractivity contribution in [1.82, 2.24) is 0 Å². The number of nitrogens with zero attached hydrogens (tertiary/aromatic N) is 1. The van der Waals surface area contributed by atoms with E-state index in [1.54, 1.807) is 18.2 Å². The second-order valence-corrected chi connectivity index (χ2v) is 5.94. The summed E-state index contributed by atoms with van der Waals surface area (Å²) in [5.41, 5.74) is 1.91. The lowest BCUT2D eigenvalue weighted by Gasteiger charge is -2.22. The number of hydrogen-bond acceptors (Lipinski definition) is 4. The molecule has 0 bridgehead atoms. The van der Waals surface area contributed by atoms with Gasteiger partial charge in [0.05, 0.1) is 24.3 Å². The molecule has 0 amide bonds. The number of benzene rings is 2. The van der Waals surface area contributed by atoms with Crippen LogP contribution in [0.25, 0.3) is 0 Å². The average molecular weight is 341 g/mol. The van der Waals surface area contributed by atoms with Gasteiger partial charge in [0.2, 0.25) is 0 Å². The molecule has 0 spiro atoms. The smallest absolute Gasteiger partial charge is 0.134 e. The summed E-state index contributed by atoms with van der Waals surface area (Å²) >= 11 is 0. The Balaban J connectivity index is 1.61. The summed E-state index contributed by atoms with van der Waals surface area (Å²) in [6.45, 7) is 1.43. The van der Waals surface area contributed by atoms with Gasteiger partial charge in [-0.3, -0.25) is 0 Å². The lowest BCUT2D eigenvalue weighted by molar-refractivity contribution is -0.0390. The second kappa shape index (κ2) is 8.61. The van der Waals surface area contributed by atoms with Gasteiger partial charge >= 0.3 is 0 Å². The van der Waals surface area contributed by atoms with E-state index in [4.69, 9.17) is 19.5 Å². The van der Waals surface area contributed by atoms with Crippen molar-refractivity contribution in [2.45, 2.75) is 32.2 Å². The molecule has 0 aromatic heterocycles. The van der Waals surface area contributed by atoms with Gasteiger partial charge in [-0.15, -0.1) is 0 Å². The van der Waals surface area contributed by atoms with Crippen LogP contribution in [0.2, 0.25) is 0 Å². The normalized spacial score (nSPS) is 14.9. The maximum Gasteiger partial charge on any atom is 0.134 e. The molecule has 1 heterocycles. The molecule has 3 rings (SSSR count). The van der Waals surface area contributed by atoms with Gasteiger partial charge in [0.1, 0.15) is 18.2 Å². The van der Waals surface area contributed by atoms with Gasteiger partial charge < -0.3 is 14.2 Å². The summed E-state index contributed by atoms with van der Waals surface area (Å²) in [4.78, 5) is 0. The molecule has 1 fully saturated rings. The van der Waals surface area contributed by atoms with Crippen LogP contribution in [0.5, 0.6) is 11.5 Å². The molecule has 0 unspecified atom stereocenters. The molecule has 2 aromatic rings. The fourth-order valence-electron chi connectivity index (χ4n) is 2.67. The third kappa shape index (κ3) is 4.79. The van der Waals surface area contributed by atoms with E-state index in [1.807, 2.05) is 30.3 Å². The number of halogens is 1. The van der Waals surface area contributed by atoms with E-state index in [9.17, 15) is 4.39 Å². The third-order valence-corrected chi connectivity index (χ3v) is 4.15. The molecular weight excluding hydrogens is 321 g/mol. The van der Waals surface area contributed by atoms with Gasteiger partial charge in [-0.05, 0) is 42.7 Å². The molecule has 1 aliphatic rings. The first-order valence-corrected chi connectivity index (χ1v) is 8.33. The van der Waals surface area contributed by atoms with Crippen LogP contribution >= 0.6 is 0 Å². The van der Waals surface area contributed by atoms with Crippen molar-refractivity contribution in [2.75, 3.05) is 13.2 Å². The van der Waals surface area contributed by atoms with Crippen molar-refractivity contribution in [3.8, 4) is 17.6 Å². The van der Waals surface area contributed by atoms with Crippen molar-refractivity contribution in [3.05, 3.63) is 59.2 Å². The molecular formula is C20H20FNO3. The second-order valence-electron chi connectivity index (χ2n) is 5.94. The zero-order valence-electron chi connectivity index (χ0n) is 13.9. The van der Waals surface area contributed by atoms with Crippen molar-refractivity contribution in [2.24, 2.45) is 0 Å². The van der Waals surface area contributed by atoms with Crippen LogP contribution < -0.4 is 4.74 Å². The summed E-state index contributed by atoms with van der Waals surface area (Å²) < 4.78 is 30.0. The Hall–Kier alpha value is -2.42. The summed E-state index contributed by atoms with van der Waals surface area (Å²) in [7, 11) is 0. The molecule has 25 heavy (non-hydrogen) atoms. The Labute approximate surface area is 146 Å². The average Bonchev–Trinajstić information content (AvgIpc) is 2.68. The first-order chi connectivity index (χ1) is 12.3. The molecule has 0 radical (unpaired) electrons. The van der Waals surface area contributed by atoms with Gasteiger partial charge in [-0.25, -0.2) is 4.39 Å². The Morgan fingerprint density at radius 2 is 1.88 bits per heavy atom. The number of alkyl halides is 1. The van der Waals surface area contributed by atoms with Crippen LogP contribution in [0.3, 0.4) is 0 Å². The lowest BCUT2D eigenvalue weighted by atomic mass is 10.1. The van der Waals surface area contributed by atoms with E-state index in [0.29, 0.717) is 29.2 Å². The molecule has 1 aliphatic heterocycles. The minimum atomic E-state index is -0.641. The molecule has 0 saturated carbocycles. The fraction of sp³-hybridized carbons (Fsp3) is 0.350. The van der Waals surface area contributed by atoms with E-state index >= 15 is 0 Å². The van der Waals surface area contributed by atoms with Gasteiger partial charge in [-0.1, -0.05) is 18.2 Å². The number of hydrogen-bond donors (Lipinski definition) is 0. The van der Waals surface area contributed by atoms with Gasteiger partial charge in [0.25, 0.3) is 0 Å². The molecule has 0 aliphatic carbocycles. The van der Waals surface area contributed by atoms with Crippen LogP contribution in [-0.2, 0) is 22.8 Å². The number of nitriles is 1. The lowest BCUT2D eigenvalue weighted by Crippen LogP contribution is -2.23. The zero-order valence-corrected chi connectivity index (χ0v) is 13.9. The van der Waals surface area contributed by atoms with Crippen LogP contribution in [0, 0.1) is 11.3 Å². The summed E-state index contributed by atoms with van der Waals surface area (Å²) in [6, 6.07) is 14.2. The fourth-order valence-corrected chi connectivity index (χ4v) is 2.67. The largest absolute Gasteiger partial charge is 0.457 e. The SMILES string of the molecule is N#Cc1ccc(CF)c(Oc2ccc(COC3CCOCC3)cc2)c1. The molecule has 5 heteroatoms. The predicted molar refractivity (Wildman–Crippen MR) is 91.1 cm³/mol. The Kier molecular flexibility index (Phi) is 5.99. The standard InChI is InChI=1S/C20H20FNO3/c21-12-17-4-1-16(13-22)11-20(17)25-19-5-2-15(3-6-19)14-24-18-7-9-23-10-8-18/h1-6,11,18H,7-10,12,14H2. The Morgan fingerprint density at radius 1 is 1.12 bits per heavy atom. The first kappa shape index (κ1) is 17.4. The molecule has 0 atom stereocenters. The van der Waals surface area contributed by atoms with E-state index in [2.05, 4.69) is 0 Å². The van der Waals surface area contributed by atoms with E-state index in [0.717, 1.165) is 31.6 Å². The number of rotatable bonds is 6. The van der Waals surface area contributed by atoms with Crippen LogP contribution in [0.15, 0.2) is 42.5 Å². The first-order valence-electron chi connectivity index (χ1n) is 8.33. The number of ether oxygens (including phenoxy) is 3.